The maximum Gasteiger partial charge on any atom is 0.246 e. The van der Waals surface area contributed by atoms with Gasteiger partial charge in [0, 0.05) is 25.2 Å². The van der Waals surface area contributed by atoms with Crippen LogP contribution >= 0.6 is 12.4 Å². The second-order valence-corrected chi connectivity index (χ2v) is 8.61. The molecule has 0 aromatic heterocycles. The summed E-state index contributed by atoms with van der Waals surface area (Å²) < 4.78 is 32.9. The van der Waals surface area contributed by atoms with Gasteiger partial charge < -0.3 is 15.8 Å². The van der Waals surface area contributed by atoms with Gasteiger partial charge in [-0.05, 0) is 57.4 Å². The molecule has 1 fully saturated rings. The number of rotatable bonds is 11. The molecule has 2 rings (SSSR count). The third-order valence-corrected chi connectivity index (χ3v) is 6.49. The number of nitrogens with zero attached hydrogens (tertiary/aromatic N) is 1. The number of nitrogens with one attached hydrogen (secondary N) is 1. The highest BCUT2D eigenvalue weighted by atomic mass is 35.5. The van der Waals surface area contributed by atoms with E-state index in [1.807, 2.05) is 6.92 Å². The molecule has 28 heavy (non-hydrogen) atoms. The van der Waals surface area contributed by atoms with Crippen LogP contribution in [0.4, 0.5) is 5.69 Å². The van der Waals surface area contributed by atoms with Gasteiger partial charge in [-0.1, -0.05) is 12.8 Å². The van der Waals surface area contributed by atoms with Crippen LogP contribution in [0.3, 0.4) is 0 Å². The Morgan fingerprint density at radius 1 is 1.18 bits per heavy atom. The Balaban J connectivity index is 0.00000392. The first-order valence-corrected chi connectivity index (χ1v) is 11.2. The molecule has 1 aliphatic heterocycles. The summed E-state index contributed by atoms with van der Waals surface area (Å²) in [4.78, 5) is 12.3. The summed E-state index contributed by atoms with van der Waals surface area (Å²) in [5.74, 6) is 0.209. The number of unbranched alkanes of at least 4 members (excludes halogenated alkanes) is 3. The molecule has 1 heterocycles. The summed E-state index contributed by atoms with van der Waals surface area (Å²) >= 11 is 0. The molecule has 1 saturated heterocycles. The average Bonchev–Trinajstić information content (AvgIpc) is 3.18. The quantitative estimate of drug-likeness (QED) is 0.522. The van der Waals surface area contributed by atoms with Gasteiger partial charge in [0.05, 0.1) is 6.61 Å². The van der Waals surface area contributed by atoms with E-state index in [4.69, 9.17) is 10.5 Å². The topological polar surface area (TPSA) is 102 Å². The Morgan fingerprint density at radius 3 is 2.50 bits per heavy atom. The van der Waals surface area contributed by atoms with Crippen molar-refractivity contribution in [1.82, 2.24) is 4.31 Å². The van der Waals surface area contributed by atoms with Crippen LogP contribution in [0.1, 0.15) is 51.9 Å². The Morgan fingerprint density at radius 2 is 1.86 bits per heavy atom. The number of sulfonamides is 1. The number of ether oxygens (including phenoxy) is 1. The molecule has 9 heteroatoms. The fourth-order valence-electron chi connectivity index (χ4n) is 3.14. The number of carbonyl (C=O) groups is 1. The van der Waals surface area contributed by atoms with Gasteiger partial charge in [0.15, 0.2) is 0 Å². The summed E-state index contributed by atoms with van der Waals surface area (Å²) in [6.07, 6.45) is 5.88. The zero-order valence-corrected chi connectivity index (χ0v) is 18.1. The van der Waals surface area contributed by atoms with Crippen molar-refractivity contribution in [3.05, 3.63) is 18.2 Å². The van der Waals surface area contributed by atoms with E-state index >= 15 is 0 Å². The van der Waals surface area contributed by atoms with Crippen LogP contribution in [-0.4, -0.2) is 44.9 Å². The normalized spacial score (nSPS) is 14.5. The van der Waals surface area contributed by atoms with Crippen molar-refractivity contribution < 1.29 is 17.9 Å². The lowest BCUT2D eigenvalue weighted by atomic mass is 10.1. The Kier molecular flexibility index (Phi) is 10.8. The van der Waals surface area contributed by atoms with E-state index in [-0.39, 0.29) is 23.2 Å². The fraction of sp³-hybridized carbons (Fsp3) is 0.632. The minimum Gasteiger partial charge on any atom is -0.492 e. The molecule has 0 bridgehead atoms. The molecule has 1 aliphatic rings. The molecule has 1 amide bonds. The number of hydrogen-bond acceptors (Lipinski definition) is 5. The van der Waals surface area contributed by atoms with Crippen LogP contribution in [0.15, 0.2) is 23.1 Å². The van der Waals surface area contributed by atoms with E-state index in [9.17, 15) is 13.2 Å². The Bertz CT molecular complexity index is 722. The highest BCUT2D eigenvalue weighted by Crippen LogP contribution is 2.31. The van der Waals surface area contributed by atoms with Crippen molar-refractivity contribution in [2.45, 2.75) is 56.8 Å². The van der Waals surface area contributed by atoms with Gasteiger partial charge in [0.2, 0.25) is 15.9 Å². The number of halogens is 1. The fourth-order valence-corrected chi connectivity index (χ4v) is 4.81. The smallest absolute Gasteiger partial charge is 0.246 e. The lowest BCUT2D eigenvalue weighted by Gasteiger charge is -2.19. The summed E-state index contributed by atoms with van der Waals surface area (Å²) in [6.45, 7) is 3.90. The lowest BCUT2D eigenvalue weighted by Crippen LogP contribution is -2.28. The molecule has 0 unspecified atom stereocenters. The lowest BCUT2D eigenvalue weighted by molar-refractivity contribution is -0.116. The Hall–Kier alpha value is -1.35. The first-order chi connectivity index (χ1) is 13.0. The molecule has 7 nitrogen and oxygen atoms in total. The Labute approximate surface area is 174 Å². The monoisotopic (exact) mass is 433 g/mol. The van der Waals surface area contributed by atoms with Crippen LogP contribution in [-0.2, 0) is 14.8 Å². The van der Waals surface area contributed by atoms with E-state index in [0.29, 0.717) is 44.1 Å². The summed E-state index contributed by atoms with van der Waals surface area (Å²) in [5, 5.41) is 2.80. The summed E-state index contributed by atoms with van der Waals surface area (Å²) in [6, 6.07) is 4.80. The zero-order chi connectivity index (χ0) is 19.7. The second-order valence-electron chi connectivity index (χ2n) is 6.71. The molecule has 0 spiro atoms. The number of hydrogen-bond donors (Lipinski definition) is 2. The third-order valence-electron chi connectivity index (χ3n) is 4.57. The molecule has 0 atom stereocenters. The molecular formula is C19H32ClN3O4S. The molecule has 0 radical (unpaired) electrons. The highest BCUT2D eigenvalue weighted by molar-refractivity contribution is 7.89. The van der Waals surface area contributed by atoms with Crippen molar-refractivity contribution in [2.24, 2.45) is 5.73 Å². The first-order valence-electron chi connectivity index (χ1n) is 9.76. The van der Waals surface area contributed by atoms with E-state index in [1.165, 1.54) is 10.4 Å². The average molecular weight is 434 g/mol. The van der Waals surface area contributed by atoms with Gasteiger partial charge in [-0.15, -0.1) is 12.4 Å². The number of nitrogens with two attached hydrogens (primary N) is 1. The molecule has 0 aliphatic carbocycles. The van der Waals surface area contributed by atoms with Gasteiger partial charge in [-0.2, -0.15) is 4.31 Å². The van der Waals surface area contributed by atoms with Gasteiger partial charge in [-0.3, -0.25) is 4.79 Å². The maximum absolute atomic E-state index is 13.0. The van der Waals surface area contributed by atoms with Gasteiger partial charge in [-0.25, -0.2) is 8.42 Å². The standard InChI is InChI=1S/C19H31N3O4S.ClH/c1-2-26-17-11-10-16(21-19(23)9-5-3-4-6-12-20)15-18(17)27(24,25)22-13-7-8-14-22;/h10-11,15H,2-9,12-14,20H2,1H3,(H,21,23);1H. The molecule has 3 N–H and O–H groups in total. The predicted octanol–water partition coefficient (Wildman–Crippen LogP) is 3.14. The summed E-state index contributed by atoms with van der Waals surface area (Å²) in [5.41, 5.74) is 5.93. The van der Waals surface area contributed by atoms with Crippen LogP contribution in [0.25, 0.3) is 0 Å². The number of benzene rings is 1. The van der Waals surface area contributed by atoms with Gasteiger partial charge in [0.1, 0.15) is 10.6 Å². The van der Waals surface area contributed by atoms with Crippen LogP contribution < -0.4 is 15.8 Å². The minimum atomic E-state index is -3.63. The molecule has 1 aromatic carbocycles. The maximum atomic E-state index is 13.0. The SMILES string of the molecule is CCOc1ccc(NC(=O)CCCCCCN)cc1S(=O)(=O)N1CCCC1.Cl. The molecule has 160 valence electrons. The highest BCUT2D eigenvalue weighted by Gasteiger charge is 2.30. The van der Waals surface area contributed by atoms with E-state index in [1.54, 1.807) is 12.1 Å². The molecule has 1 aromatic rings. The molecular weight excluding hydrogens is 402 g/mol. The first kappa shape index (κ1) is 24.7. The van der Waals surface area contributed by atoms with Gasteiger partial charge in [0.25, 0.3) is 0 Å². The van der Waals surface area contributed by atoms with E-state index in [0.717, 1.165) is 38.5 Å². The minimum absolute atomic E-state index is 0. The van der Waals surface area contributed by atoms with Crippen molar-refractivity contribution in [3.8, 4) is 5.75 Å². The van der Waals surface area contributed by atoms with Crippen molar-refractivity contribution in [1.29, 1.82) is 0 Å². The summed E-state index contributed by atoms with van der Waals surface area (Å²) in [7, 11) is -3.63. The van der Waals surface area contributed by atoms with E-state index in [2.05, 4.69) is 5.32 Å². The zero-order valence-electron chi connectivity index (χ0n) is 16.5. The van der Waals surface area contributed by atoms with Crippen molar-refractivity contribution in [3.63, 3.8) is 0 Å². The number of amides is 1. The molecule has 0 saturated carbocycles. The third kappa shape index (κ3) is 6.92. The number of anilines is 1. The largest absolute Gasteiger partial charge is 0.492 e. The van der Waals surface area contributed by atoms with E-state index < -0.39 is 10.0 Å². The van der Waals surface area contributed by atoms with Gasteiger partial charge >= 0.3 is 0 Å². The van der Waals surface area contributed by atoms with Crippen LogP contribution in [0.2, 0.25) is 0 Å². The second kappa shape index (κ2) is 12.3. The van der Waals surface area contributed by atoms with Crippen molar-refractivity contribution >= 4 is 34.0 Å². The van der Waals surface area contributed by atoms with Crippen LogP contribution in [0, 0.1) is 0 Å². The predicted molar refractivity (Wildman–Crippen MR) is 114 cm³/mol. The number of carbonyl (C=O) groups excluding carboxylic acids is 1. The van der Waals surface area contributed by atoms with Crippen LogP contribution in [0.5, 0.6) is 5.75 Å². The van der Waals surface area contributed by atoms with Crippen molar-refractivity contribution in [2.75, 3.05) is 31.6 Å².